The van der Waals surface area contributed by atoms with Gasteiger partial charge < -0.3 is 4.74 Å². The molecule has 0 bridgehead atoms. The molecule has 0 amide bonds. The molecule has 0 saturated carbocycles. The zero-order valence-electron chi connectivity index (χ0n) is 9.70. The first kappa shape index (κ1) is 14.4. The topological polar surface area (TPSA) is 26.3 Å². The highest BCUT2D eigenvalue weighted by molar-refractivity contribution is 9.10. The van der Waals surface area contributed by atoms with Crippen LogP contribution in [0.1, 0.15) is 15.9 Å². The zero-order valence-corrected chi connectivity index (χ0v) is 12.8. The molecule has 0 heterocycles. The van der Waals surface area contributed by atoms with Crippen LogP contribution in [-0.2, 0) is 6.61 Å². The van der Waals surface area contributed by atoms with Gasteiger partial charge in [-0.15, -0.1) is 0 Å². The highest BCUT2D eigenvalue weighted by atomic mass is 79.9. The Morgan fingerprint density at radius 3 is 2.58 bits per heavy atom. The van der Waals surface area contributed by atoms with E-state index >= 15 is 0 Å². The minimum absolute atomic E-state index is 0.319. The van der Waals surface area contributed by atoms with E-state index in [2.05, 4.69) is 15.9 Å². The highest BCUT2D eigenvalue weighted by Gasteiger charge is 2.05. The van der Waals surface area contributed by atoms with Gasteiger partial charge in [0.15, 0.2) is 6.29 Å². The first-order valence-corrected chi connectivity index (χ1v) is 6.96. The maximum atomic E-state index is 11.0. The second-order valence-electron chi connectivity index (χ2n) is 3.84. The number of hydrogen-bond donors (Lipinski definition) is 0. The van der Waals surface area contributed by atoms with E-state index in [1.54, 1.807) is 24.3 Å². The van der Waals surface area contributed by atoms with Gasteiger partial charge in [-0.3, -0.25) is 4.79 Å². The van der Waals surface area contributed by atoms with Gasteiger partial charge in [0, 0.05) is 4.47 Å². The molecule has 0 radical (unpaired) electrons. The van der Waals surface area contributed by atoms with Gasteiger partial charge >= 0.3 is 0 Å². The summed E-state index contributed by atoms with van der Waals surface area (Å²) in [4.78, 5) is 11.0. The molecule has 2 aromatic carbocycles. The van der Waals surface area contributed by atoms with Crippen LogP contribution in [0.3, 0.4) is 0 Å². The van der Waals surface area contributed by atoms with E-state index in [9.17, 15) is 4.79 Å². The lowest BCUT2D eigenvalue weighted by atomic mass is 10.2. The van der Waals surface area contributed by atoms with Crippen LogP contribution in [0.15, 0.2) is 40.9 Å². The molecule has 0 saturated heterocycles. The van der Waals surface area contributed by atoms with Gasteiger partial charge in [-0.05, 0) is 35.9 Å². The van der Waals surface area contributed by atoms with E-state index in [-0.39, 0.29) is 0 Å². The van der Waals surface area contributed by atoms with Gasteiger partial charge in [-0.1, -0.05) is 45.2 Å². The average Bonchev–Trinajstić information content (AvgIpc) is 2.41. The Balaban J connectivity index is 2.14. The highest BCUT2D eigenvalue weighted by Crippen LogP contribution is 2.25. The molecule has 0 N–H and O–H groups in total. The first-order valence-electron chi connectivity index (χ1n) is 5.41. The summed E-state index contributed by atoms with van der Waals surface area (Å²) in [5, 5.41) is 0.983. The summed E-state index contributed by atoms with van der Waals surface area (Å²) < 4.78 is 6.44. The normalized spacial score (nSPS) is 10.3. The van der Waals surface area contributed by atoms with Crippen LogP contribution in [0, 0.1) is 0 Å². The van der Waals surface area contributed by atoms with Gasteiger partial charge in [-0.2, -0.15) is 0 Å². The van der Waals surface area contributed by atoms with Crippen molar-refractivity contribution >= 4 is 45.4 Å². The number of halogens is 3. The van der Waals surface area contributed by atoms with E-state index in [0.29, 0.717) is 28.0 Å². The predicted octanol–water partition coefficient (Wildman–Crippen LogP) is 5.15. The summed E-state index contributed by atoms with van der Waals surface area (Å²) in [6, 6.07) is 10.5. The van der Waals surface area contributed by atoms with Crippen molar-refractivity contribution in [1.82, 2.24) is 0 Å². The lowest BCUT2D eigenvalue weighted by Gasteiger charge is -2.09. The number of carbonyl (C=O) groups is 1. The maximum Gasteiger partial charge on any atom is 0.153 e. The van der Waals surface area contributed by atoms with Crippen LogP contribution in [0.5, 0.6) is 5.75 Å². The molecule has 0 aliphatic rings. The zero-order chi connectivity index (χ0) is 13.8. The van der Waals surface area contributed by atoms with Crippen LogP contribution in [0.2, 0.25) is 10.0 Å². The third-order valence-corrected chi connectivity index (χ3v) is 3.71. The smallest absolute Gasteiger partial charge is 0.153 e. The molecular weight excluding hydrogens is 351 g/mol. The Hall–Kier alpha value is -1.03. The molecular formula is C14H9BrCl2O2. The van der Waals surface area contributed by atoms with Crippen molar-refractivity contribution in [3.05, 3.63) is 62.0 Å². The van der Waals surface area contributed by atoms with Crippen molar-refractivity contribution < 1.29 is 9.53 Å². The molecule has 19 heavy (non-hydrogen) atoms. The second-order valence-corrected chi connectivity index (χ2v) is 5.57. The van der Waals surface area contributed by atoms with Crippen LogP contribution in [-0.4, -0.2) is 6.29 Å². The van der Waals surface area contributed by atoms with Crippen molar-refractivity contribution in [2.45, 2.75) is 6.61 Å². The van der Waals surface area contributed by atoms with Crippen LogP contribution < -0.4 is 4.74 Å². The number of rotatable bonds is 4. The molecule has 2 nitrogen and oxygen atoms in total. The van der Waals surface area contributed by atoms with E-state index in [1.807, 2.05) is 12.1 Å². The van der Waals surface area contributed by atoms with Gasteiger partial charge in [-0.25, -0.2) is 0 Å². The Morgan fingerprint density at radius 1 is 1.11 bits per heavy atom. The fourth-order valence-corrected chi connectivity index (χ4v) is 2.23. The molecule has 2 rings (SSSR count). The van der Waals surface area contributed by atoms with Crippen molar-refractivity contribution in [2.75, 3.05) is 0 Å². The van der Waals surface area contributed by atoms with Crippen LogP contribution in [0.4, 0.5) is 0 Å². The van der Waals surface area contributed by atoms with E-state index in [4.69, 9.17) is 27.9 Å². The summed E-state index contributed by atoms with van der Waals surface area (Å²) in [5.41, 5.74) is 1.38. The average molecular weight is 360 g/mol. The summed E-state index contributed by atoms with van der Waals surface area (Å²) >= 11 is 15.1. The minimum Gasteiger partial charge on any atom is -0.488 e. The summed E-state index contributed by atoms with van der Waals surface area (Å²) in [6.07, 6.45) is 0.759. The molecule has 5 heteroatoms. The fraction of sp³-hybridized carbons (Fsp3) is 0.0714. The van der Waals surface area contributed by atoms with Crippen molar-refractivity contribution in [1.29, 1.82) is 0 Å². The Bertz CT molecular complexity index is 614. The summed E-state index contributed by atoms with van der Waals surface area (Å²) in [7, 11) is 0. The van der Waals surface area contributed by atoms with Gasteiger partial charge in [0.25, 0.3) is 0 Å². The van der Waals surface area contributed by atoms with Crippen LogP contribution >= 0.6 is 39.1 Å². The van der Waals surface area contributed by atoms with Gasteiger partial charge in [0.1, 0.15) is 12.4 Å². The molecule has 0 fully saturated rings. The molecule has 2 aromatic rings. The molecule has 98 valence electrons. The second kappa shape index (κ2) is 6.42. The number of benzene rings is 2. The summed E-state index contributed by atoms with van der Waals surface area (Å²) in [6.45, 7) is 0.319. The Labute approximate surface area is 129 Å². The number of carbonyl (C=O) groups excluding carboxylic acids is 1. The van der Waals surface area contributed by atoms with Crippen molar-refractivity contribution in [3.8, 4) is 5.75 Å². The fourth-order valence-electron chi connectivity index (χ4n) is 1.53. The maximum absolute atomic E-state index is 11.0. The lowest BCUT2D eigenvalue weighted by Crippen LogP contribution is -1.98. The summed E-state index contributed by atoms with van der Waals surface area (Å²) in [5.74, 6) is 0.532. The van der Waals surface area contributed by atoms with Crippen molar-refractivity contribution in [3.63, 3.8) is 0 Å². The predicted molar refractivity (Wildman–Crippen MR) is 80.3 cm³/mol. The third kappa shape index (κ3) is 3.72. The van der Waals surface area contributed by atoms with Gasteiger partial charge in [0.05, 0.1) is 15.6 Å². The monoisotopic (exact) mass is 358 g/mol. The van der Waals surface area contributed by atoms with E-state index < -0.39 is 0 Å². The van der Waals surface area contributed by atoms with Gasteiger partial charge in [0.2, 0.25) is 0 Å². The Kier molecular flexibility index (Phi) is 4.86. The standard InChI is InChI=1S/C14H9BrCl2O2/c15-11-2-4-14(10(6-11)7-18)19-8-9-1-3-12(16)13(17)5-9/h1-7H,8H2. The first-order chi connectivity index (χ1) is 9.10. The molecule has 0 aliphatic carbocycles. The third-order valence-electron chi connectivity index (χ3n) is 2.48. The molecule has 0 aliphatic heterocycles. The van der Waals surface area contributed by atoms with Crippen molar-refractivity contribution in [2.24, 2.45) is 0 Å². The SMILES string of the molecule is O=Cc1cc(Br)ccc1OCc1ccc(Cl)c(Cl)c1. The quantitative estimate of drug-likeness (QED) is 0.706. The molecule has 0 spiro atoms. The molecule has 0 unspecified atom stereocenters. The molecule has 0 atom stereocenters. The number of aldehydes is 1. The Morgan fingerprint density at radius 2 is 1.89 bits per heavy atom. The number of ether oxygens (including phenoxy) is 1. The lowest BCUT2D eigenvalue weighted by molar-refractivity contribution is 0.111. The number of hydrogen-bond acceptors (Lipinski definition) is 2. The largest absolute Gasteiger partial charge is 0.488 e. The van der Waals surface area contributed by atoms with E-state index in [0.717, 1.165) is 16.3 Å². The minimum atomic E-state index is 0.319. The van der Waals surface area contributed by atoms with E-state index in [1.165, 1.54) is 0 Å². The van der Waals surface area contributed by atoms with Crippen LogP contribution in [0.25, 0.3) is 0 Å². The molecule has 0 aromatic heterocycles.